The molecule has 0 aliphatic carbocycles. The monoisotopic (exact) mass is 297 g/mol. The Hall–Kier alpha value is -1.21. The van der Waals surface area contributed by atoms with E-state index in [1.54, 1.807) is 0 Å². The Morgan fingerprint density at radius 2 is 2.26 bits per heavy atom. The van der Waals surface area contributed by atoms with E-state index in [1.165, 1.54) is 29.8 Å². The largest absolute Gasteiger partial charge is 0.382 e. The molecule has 19 heavy (non-hydrogen) atoms. The van der Waals surface area contributed by atoms with Gasteiger partial charge in [-0.05, 0) is 23.6 Å². The van der Waals surface area contributed by atoms with E-state index in [4.69, 9.17) is 4.74 Å². The highest BCUT2D eigenvalue weighted by molar-refractivity contribution is 7.12. The number of methoxy groups -OCH3 is 1. The lowest BCUT2D eigenvalue weighted by Crippen LogP contribution is -2.26. The van der Waals surface area contributed by atoms with E-state index in [0.717, 1.165) is 14.6 Å². The number of thiophene rings is 2. The number of aliphatic hydroxyl groups is 1. The van der Waals surface area contributed by atoms with E-state index in [-0.39, 0.29) is 12.5 Å². The molecule has 0 unspecified atom stereocenters. The van der Waals surface area contributed by atoms with Crippen LogP contribution in [0.4, 0.5) is 0 Å². The van der Waals surface area contributed by atoms with Crippen molar-refractivity contribution in [1.29, 1.82) is 0 Å². The predicted octanol–water partition coefficient (Wildman–Crippen LogP) is 2.15. The fourth-order valence-electron chi connectivity index (χ4n) is 1.59. The quantitative estimate of drug-likeness (QED) is 0.859. The lowest BCUT2D eigenvalue weighted by atomic mass is 10.2. The van der Waals surface area contributed by atoms with E-state index in [9.17, 15) is 9.90 Å². The summed E-state index contributed by atoms with van der Waals surface area (Å²) in [6, 6.07) is 7.65. The third-order valence-electron chi connectivity index (χ3n) is 2.50. The molecule has 2 N–H and O–H groups in total. The van der Waals surface area contributed by atoms with Crippen LogP contribution in [0, 0.1) is 0 Å². The maximum absolute atomic E-state index is 11.3. The first-order chi connectivity index (χ1) is 9.20. The molecule has 0 radical (unpaired) electrons. The van der Waals surface area contributed by atoms with Crippen molar-refractivity contribution in [2.45, 2.75) is 12.6 Å². The fourth-order valence-corrected chi connectivity index (χ4v) is 3.35. The Labute approximate surface area is 119 Å². The SMILES string of the molecule is COCC(=O)NCc1ccc([C@H](O)c2cccs2)s1. The number of hydrogen-bond acceptors (Lipinski definition) is 5. The Bertz CT molecular complexity index is 522. The lowest BCUT2D eigenvalue weighted by molar-refractivity contribution is -0.124. The zero-order valence-corrected chi connectivity index (χ0v) is 12.1. The van der Waals surface area contributed by atoms with Gasteiger partial charge < -0.3 is 15.2 Å². The number of hydrogen-bond donors (Lipinski definition) is 2. The number of nitrogens with one attached hydrogen (secondary N) is 1. The van der Waals surface area contributed by atoms with E-state index in [2.05, 4.69) is 5.32 Å². The molecule has 2 heterocycles. The molecule has 0 aliphatic rings. The molecule has 0 bridgehead atoms. The van der Waals surface area contributed by atoms with Crippen molar-refractivity contribution in [2.75, 3.05) is 13.7 Å². The van der Waals surface area contributed by atoms with Gasteiger partial charge in [-0.3, -0.25) is 4.79 Å². The molecule has 0 fully saturated rings. The van der Waals surface area contributed by atoms with Gasteiger partial charge in [-0.2, -0.15) is 0 Å². The standard InChI is InChI=1S/C13H15NO3S2/c1-17-8-12(15)14-7-9-4-5-11(19-9)13(16)10-3-2-6-18-10/h2-6,13,16H,7-8H2,1H3,(H,14,15)/t13-/m1/s1. The van der Waals surface area contributed by atoms with Crippen molar-refractivity contribution < 1.29 is 14.6 Å². The minimum Gasteiger partial charge on any atom is -0.382 e. The summed E-state index contributed by atoms with van der Waals surface area (Å²) < 4.78 is 4.74. The average Bonchev–Trinajstić information content (AvgIpc) is 3.07. The highest BCUT2D eigenvalue weighted by Crippen LogP contribution is 2.30. The molecule has 6 heteroatoms. The molecular weight excluding hydrogens is 282 g/mol. The first kappa shape index (κ1) is 14.2. The molecule has 4 nitrogen and oxygen atoms in total. The summed E-state index contributed by atoms with van der Waals surface area (Å²) in [6.07, 6.45) is -0.576. The van der Waals surface area contributed by atoms with Crippen LogP contribution in [0.25, 0.3) is 0 Å². The topological polar surface area (TPSA) is 58.6 Å². The number of carbonyl (C=O) groups excluding carboxylic acids is 1. The molecule has 0 aliphatic heterocycles. The summed E-state index contributed by atoms with van der Waals surface area (Å²) in [5.74, 6) is -0.142. The molecule has 0 saturated heterocycles. The van der Waals surface area contributed by atoms with Gasteiger partial charge >= 0.3 is 0 Å². The van der Waals surface area contributed by atoms with Crippen LogP contribution in [0.15, 0.2) is 29.6 Å². The molecule has 0 aromatic carbocycles. The molecule has 2 aromatic heterocycles. The summed E-state index contributed by atoms with van der Waals surface area (Å²) in [7, 11) is 1.49. The van der Waals surface area contributed by atoms with Crippen LogP contribution in [0.1, 0.15) is 20.7 Å². The van der Waals surface area contributed by atoms with Gasteiger partial charge in [0, 0.05) is 21.7 Å². The second-order valence-electron chi connectivity index (χ2n) is 3.93. The zero-order chi connectivity index (χ0) is 13.7. The molecule has 0 spiro atoms. The number of amides is 1. The fraction of sp³-hybridized carbons (Fsp3) is 0.308. The molecule has 1 amide bonds. The Kier molecular flexibility index (Phi) is 5.09. The summed E-state index contributed by atoms with van der Waals surface area (Å²) >= 11 is 3.03. The number of ether oxygens (including phenoxy) is 1. The van der Waals surface area contributed by atoms with Crippen LogP contribution < -0.4 is 5.32 Å². The first-order valence-corrected chi connectivity index (χ1v) is 7.46. The zero-order valence-electron chi connectivity index (χ0n) is 10.5. The minimum atomic E-state index is -0.576. The van der Waals surface area contributed by atoms with Crippen LogP contribution in [-0.4, -0.2) is 24.7 Å². The Morgan fingerprint density at radius 3 is 2.95 bits per heavy atom. The van der Waals surface area contributed by atoms with Crippen LogP contribution in [-0.2, 0) is 16.1 Å². The van der Waals surface area contributed by atoms with Gasteiger partial charge in [-0.15, -0.1) is 22.7 Å². The minimum absolute atomic E-state index is 0.0655. The number of carbonyl (C=O) groups is 1. The molecule has 102 valence electrons. The summed E-state index contributed by atoms with van der Waals surface area (Å²) in [6.45, 7) is 0.528. The molecule has 0 saturated carbocycles. The van der Waals surface area contributed by atoms with Crippen LogP contribution >= 0.6 is 22.7 Å². The van der Waals surface area contributed by atoms with Gasteiger partial charge in [0.15, 0.2) is 0 Å². The van der Waals surface area contributed by atoms with Gasteiger partial charge in [0.05, 0.1) is 6.54 Å². The molecule has 2 aromatic rings. The third kappa shape index (κ3) is 3.87. The smallest absolute Gasteiger partial charge is 0.246 e. The summed E-state index contributed by atoms with van der Waals surface area (Å²) in [5, 5.41) is 14.9. The van der Waals surface area contributed by atoms with E-state index >= 15 is 0 Å². The van der Waals surface area contributed by atoms with Crippen LogP contribution in [0.3, 0.4) is 0 Å². The average molecular weight is 297 g/mol. The van der Waals surface area contributed by atoms with E-state index in [0.29, 0.717) is 6.54 Å². The molecule has 1 atom stereocenters. The highest BCUT2D eigenvalue weighted by Gasteiger charge is 2.14. The van der Waals surface area contributed by atoms with Crippen molar-refractivity contribution in [2.24, 2.45) is 0 Å². The lowest BCUT2D eigenvalue weighted by Gasteiger charge is -2.05. The van der Waals surface area contributed by atoms with Gasteiger partial charge in [0.1, 0.15) is 12.7 Å². The normalized spacial score (nSPS) is 12.3. The van der Waals surface area contributed by atoms with Gasteiger partial charge in [0.2, 0.25) is 5.91 Å². The number of rotatable bonds is 6. The first-order valence-electron chi connectivity index (χ1n) is 5.76. The second kappa shape index (κ2) is 6.81. The van der Waals surface area contributed by atoms with E-state index < -0.39 is 6.10 Å². The van der Waals surface area contributed by atoms with Crippen molar-refractivity contribution >= 4 is 28.6 Å². The maximum Gasteiger partial charge on any atom is 0.246 e. The van der Waals surface area contributed by atoms with E-state index in [1.807, 2.05) is 29.6 Å². The van der Waals surface area contributed by atoms with Gasteiger partial charge in [-0.25, -0.2) is 0 Å². The van der Waals surface area contributed by atoms with Crippen molar-refractivity contribution in [3.63, 3.8) is 0 Å². The van der Waals surface area contributed by atoms with Crippen molar-refractivity contribution in [3.05, 3.63) is 44.3 Å². The summed E-state index contributed by atoms with van der Waals surface area (Å²) in [4.78, 5) is 14.1. The summed E-state index contributed by atoms with van der Waals surface area (Å²) in [5.41, 5.74) is 0. The van der Waals surface area contributed by atoms with Crippen LogP contribution in [0.2, 0.25) is 0 Å². The highest BCUT2D eigenvalue weighted by atomic mass is 32.1. The maximum atomic E-state index is 11.3. The molecule has 2 rings (SSSR count). The Morgan fingerprint density at radius 1 is 1.42 bits per heavy atom. The van der Waals surface area contributed by atoms with Crippen LogP contribution in [0.5, 0.6) is 0 Å². The van der Waals surface area contributed by atoms with Gasteiger partial charge in [0.25, 0.3) is 0 Å². The van der Waals surface area contributed by atoms with Crippen molar-refractivity contribution in [3.8, 4) is 0 Å². The van der Waals surface area contributed by atoms with Gasteiger partial charge in [-0.1, -0.05) is 6.07 Å². The molecular formula is C13H15NO3S2. The van der Waals surface area contributed by atoms with Crippen molar-refractivity contribution in [1.82, 2.24) is 5.32 Å². The number of aliphatic hydroxyl groups excluding tert-OH is 1. The second-order valence-corrected chi connectivity index (χ2v) is 6.11. The Balaban J connectivity index is 1.94. The predicted molar refractivity (Wildman–Crippen MR) is 76.4 cm³/mol. The third-order valence-corrected chi connectivity index (χ3v) is 4.56.